The third-order valence-corrected chi connectivity index (χ3v) is 6.28. The van der Waals surface area contributed by atoms with Crippen LogP contribution < -0.4 is 5.73 Å². The normalized spacial score (nSPS) is 14.0. The first-order valence-corrected chi connectivity index (χ1v) is 12.6. The molecule has 2 amide bonds. The third kappa shape index (κ3) is 5.16. The maximum Gasteiger partial charge on any atom is 0.410 e. The summed E-state index contributed by atoms with van der Waals surface area (Å²) in [6.45, 7) is 14.4. The summed E-state index contributed by atoms with van der Waals surface area (Å²) in [6, 6.07) is 9.60. The van der Waals surface area contributed by atoms with Crippen LogP contribution in [0.4, 0.5) is 10.6 Å². The molecule has 1 aromatic carbocycles. The molecule has 9 nitrogen and oxygen atoms in total. The fourth-order valence-electron chi connectivity index (χ4n) is 4.82. The van der Waals surface area contributed by atoms with E-state index < -0.39 is 5.60 Å². The highest BCUT2D eigenvalue weighted by Crippen LogP contribution is 2.36. The van der Waals surface area contributed by atoms with Crippen molar-refractivity contribution in [1.29, 1.82) is 0 Å². The average molecular weight is 505 g/mol. The van der Waals surface area contributed by atoms with E-state index in [0.717, 1.165) is 22.4 Å². The second kappa shape index (κ2) is 9.88. The van der Waals surface area contributed by atoms with Gasteiger partial charge < -0.3 is 20.3 Å². The monoisotopic (exact) mass is 504 g/mol. The molecule has 3 aromatic rings. The van der Waals surface area contributed by atoms with Crippen LogP contribution in [0.25, 0.3) is 22.2 Å². The largest absolute Gasteiger partial charge is 0.444 e. The number of carbonyl (C=O) groups is 2. The Morgan fingerprint density at radius 2 is 1.76 bits per heavy atom. The number of nitrogens with zero attached hydrogens (tertiary/aromatic N) is 5. The number of amides is 2. The number of nitrogens with two attached hydrogens (primary N) is 1. The van der Waals surface area contributed by atoms with Crippen molar-refractivity contribution in [1.82, 2.24) is 24.4 Å². The van der Waals surface area contributed by atoms with Crippen molar-refractivity contribution in [2.75, 3.05) is 18.8 Å². The van der Waals surface area contributed by atoms with Gasteiger partial charge in [0, 0.05) is 29.8 Å². The van der Waals surface area contributed by atoms with Crippen molar-refractivity contribution in [3.8, 4) is 11.1 Å². The van der Waals surface area contributed by atoms with E-state index >= 15 is 0 Å². The van der Waals surface area contributed by atoms with E-state index in [1.807, 2.05) is 89.8 Å². The van der Waals surface area contributed by atoms with E-state index in [4.69, 9.17) is 10.5 Å². The molecule has 196 valence electrons. The first-order valence-electron chi connectivity index (χ1n) is 12.6. The van der Waals surface area contributed by atoms with Crippen LogP contribution in [0.3, 0.4) is 0 Å². The van der Waals surface area contributed by atoms with Crippen LogP contribution in [0.5, 0.6) is 0 Å². The van der Waals surface area contributed by atoms with Crippen LogP contribution in [0.15, 0.2) is 42.7 Å². The summed E-state index contributed by atoms with van der Waals surface area (Å²) in [6.07, 6.45) is 3.03. The van der Waals surface area contributed by atoms with Crippen molar-refractivity contribution >= 4 is 28.9 Å². The van der Waals surface area contributed by atoms with E-state index in [9.17, 15) is 9.59 Å². The van der Waals surface area contributed by atoms with E-state index in [-0.39, 0.29) is 24.1 Å². The SMILES string of the molecule is CC(C)N(C(=O)c1ccccc1-c1cc(C2=CCN(C(=O)OC(C)(C)C)C2)n2ncnc(N)c12)C(C)C. The Kier molecular flexibility index (Phi) is 6.99. The predicted octanol–water partition coefficient (Wildman–Crippen LogP) is 4.87. The number of hydrogen-bond acceptors (Lipinski definition) is 6. The van der Waals surface area contributed by atoms with Crippen molar-refractivity contribution < 1.29 is 14.3 Å². The number of hydrogen-bond donors (Lipinski definition) is 1. The zero-order valence-corrected chi connectivity index (χ0v) is 22.6. The Morgan fingerprint density at radius 3 is 2.41 bits per heavy atom. The Balaban J connectivity index is 1.79. The van der Waals surface area contributed by atoms with Crippen molar-refractivity contribution in [3.05, 3.63) is 54.0 Å². The van der Waals surface area contributed by atoms with Gasteiger partial charge in [-0.25, -0.2) is 14.3 Å². The van der Waals surface area contributed by atoms with Gasteiger partial charge in [-0.05, 0) is 71.7 Å². The van der Waals surface area contributed by atoms with Gasteiger partial charge in [0.2, 0.25) is 0 Å². The Hall–Kier alpha value is -3.88. The highest BCUT2D eigenvalue weighted by atomic mass is 16.6. The fraction of sp³-hybridized carbons (Fsp3) is 0.429. The highest BCUT2D eigenvalue weighted by Gasteiger charge is 2.30. The molecule has 0 unspecified atom stereocenters. The molecule has 0 saturated heterocycles. The number of fused-ring (bicyclic) bond motifs is 1. The highest BCUT2D eigenvalue weighted by molar-refractivity contribution is 6.04. The smallest absolute Gasteiger partial charge is 0.410 e. The van der Waals surface area contributed by atoms with Crippen molar-refractivity contribution in [3.63, 3.8) is 0 Å². The molecule has 2 N–H and O–H groups in total. The lowest BCUT2D eigenvalue weighted by molar-refractivity contribution is 0.0306. The Labute approximate surface area is 217 Å². The minimum atomic E-state index is -0.577. The molecule has 0 aliphatic carbocycles. The molecule has 0 bridgehead atoms. The topological polar surface area (TPSA) is 106 Å². The molecule has 0 saturated carbocycles. The van der Waals surface area contributed by atoms with Crippen LogP contribution in [0.1, 0.15) is 64.5 Å². The average Bonchev–Trinajstić information content (AvgIpc) is 3.43. The van der Waals surface area contributed by atoms with Gasteiger partial charge in [-0.15, -0.1) is 0 Å². The minimum Gasteiger partial charge on any atom is -0.444 e. The summed E-state index contributed by atoms with van der Waals surface area (Å²) in [4.78, 5) is 34.1. The standard InChI is InChI=1S/C28H36N6O3/c1-17(2)33(18(3)4)26(35)21-11-9-8-10-20(21)22-14-23(34-24(22)25(29)30-16-31-34)19-12-13-32(15-19)27(36)37-28(5,6)7/h8-12,14,16-18H,13,15H2,1-7H3,(H2,29,30,31). The molecular weight excluding hydrogens is 468 g/mol. The van der Waals surface area contributed by atoms with Crippen molar-refractivity contribution in [2.24, 2.45) is 0 Å². The van der Waals surface area contributed by atoms with Gasteiger partial charge in [0.05, 0.1) is 12.2 Å². The van der Waals surface area contributed by atoms with Crippen LogP contribution in [-0.4, -0.2) is 67.2 Å². The number of ether oxygens (including phenoxy) is 1. The molecule has 1 aliphatic rings. The lowest BCUT2D eigenvalue weighted by Crippen LogP contribution is -2.42. The van der Waals surface area contributed by atoms with Gasteiger partial charge in [0.15, 0.2) is 5.82 Å². The first-order chi connectivity index (χ1) is 17.4. The Bertz CT molecular complexity index is 1360. The zero-order chi connectivity index (χ0) is 27.1. The number of rotatable bonds is 5. The number of anilines is 1. The fourth-order valence-corrected chi connectivity index (χ4v) is 4.82. The summed E-state index contributed by atoms with van der Waals surface area (Å²) in [5.74, 6) is 0.263. The summed E-state index contributed by atoms with van der Waals surface area (Å²) >= 11 is 0. The molecular formula is C28H36N6O3. The van der Waals surface area contributed by atoms with E-state index in [2.05, 4.69) is 10.1 Å². The predicted molar refractivity (Wildman–Crippen MR) is 145 cm³/mol. The van der Waals surface area contributed by atoms with Gasteiger partial charge in [-0.3, -0.25) is 4.79 Å². The number of nitrogen functional groups attached to an aromatic ring is 1. The van der Waals surface area contributed by atoms with E-state index in [0.29, 0.717) is 30.0 Å². The minimum absolute atomic E-state index is 0.0396. The lowest BCUT2D eigenvalue weighted by Gasteiger charge is -2.31. The van der Waals surface area contributed by atoms with Gasteiger partial charge in [-0.1, -0.05) is 24.3 Å². The van der Waals surface area contributed by atoms with Gasteiger partial charge in [0.25, 0.3) is 5.91 Å². The zero-order valence-electron chi connectivity index (χ0n) is 22.6. The molecule has 0 radical (unpaired) electrons. The van der Waals surface area contributed by atoms with Crippen molar-refractivity contribution in [2.45, 2.75) is 66.2 Å². The summed E-state index contributed by atoms with van der Waals surface area (Å²) in [5, 5.41) is 4.48. The second-order valence-corrected chi connectivity index (χ2v) is 10.9. The van der Waals surface area contributed by atoms with Crippen LogP contribution in [0, 0.1) is 0 Å². The molecule has 0 atom stereocenters. The summed E-state index contributed by atoms with van der Waals surface area (Å²) in [5.41, 5.74) is 10.2. The quantitative estimate of drug-likeness (QED) is 0.531. The molecule has 1 aliphatic heterocycles. The molecule has 37 heavy (non-hydrogen) atoms. The van der Waals surface area contributed by atoms with Gasteiger partial charge in [0.1, 0.15) is 17.4 Å². The van der Waals surface area contributed by atoms with E-state index in [1.54, 1.807) is 9.42 Å². The van der Waals surface area contributed by atoms with Crippen LogP contribution in [0.2, 0.25) is 0 Å². The number of benzene rings is 1. The Morgan fingerprint density at radius 1 is 1.08 bits per heavy atom. The molecule has 3 heterocycles. The first kappa shape index (κ1) is 26.2. The van der Waals surface area contributed by atoms with Crippen LogP contribution >= 0.6 is 0 Å². The summed E-state index contributed by atoms with van der Waals surface area (Å²) in [7, 11) is 0. The van der Waals surface area contributed by atoms with Gasteiger partial charge >= 0.3 is 6.09 Å². The maximum absolute atomic E-state index is 13.7. The van der Waals surface area contributed by atoms with Crippen LogP contribution in [-0.2, 0) is 4.74 Å². The van der Waals surface area contributed by atoms with E-state index in [1.165, 1.54) is 6.33 Å². The molecule has 0 spiro atoms. The molecule has 0 fully saturated rings. The third-order valence-electron chi connectivity index (χ3n) is 6.28. The second-order valence-electron chi connectivity index (χ2n) is 10.9. The lowest BCUT2D eigenvalue weighted by atomic mass is 9.98. The van der Waals surface area contributed by atoms with Gasteiger partial charge in [-0.2, -0.15) is 5.10 Å². The number of aromatic nitrogens is 3. The molecule has 2 aromatic heterocycles. The summed E-state index contributed by atoms with van der Waals surface area (Å²) < 4.78 is 7.29. The molecule has 4 rings (SSSR count). The molecule has 9 heteroatoms. The maximum atomic E-state index is 13.7. The number of carbonyl (C=O) groups excluding carboxylic acids is 2.